The van der Waals surface area contributed by atoms with E-state index < -0.39 is 0 Å². The van der Waals surface area contributed by atoms with Crippen molar-refractivity contribution in [1.82, 2.24) is 5.32 Å². The van der Waals surface area contributed by atoms with Crippen LogP contribution < -0.4 is 15.0 Å². The Morgan fingerprint density at radius 1 is 1.39 bits per heavy atom. The lowest BCUT2D eigenvalue weighted by atomic mass is 10.2. The maximum Gasteiger partial charge on any atom is 0.119 e. The van der Waals surface area contributed by atoms with Crippen molar-refractivity contribution in [3.05, 3.63) is 24.3 Å². The van der Waals surface area contributed by atoms with Crippen molar-refractivity contribution >= 4 is 5.69 Å². The van der Waals surface area contributed by atoms with Crippen LogP contribution in [0.25, 0.3) is 0 Å². The van der Waals surface area contributed by atoms with Gasteiger partial charge in [0.05, 0.1) is 13.2 Å². The Labute approximate surface area is 109 Å². The molecule has 1 saturated carbocycles. The Kier molecular flexibility index (Phi) is 4.44. The minimum absolute atomic E-state index is 0.335. The molecule has 2 N–H and O–H groups in total. The Morgan fingerprint density at radius 3 is 2.61 bits per heavy atom. The molecule has 4 heteroatoms. The van der Waals surface area contributed by atoms with Crippen molar-refractivity contribution in [2.45, 2.75) is 25.0 Å². The number of ether oxygens (including phenoxy) is 1. The minimum atomic E-state index is -0.335. The molecule has 1 atom stereocenters. The van der Waals surface area contributed by atoms with E-state index in [2.05, 4.69) is 10.2 Å². The van der Waals surface area contributed by atoms with Gasteiger partial charge in [-0.25, -0.2) is 0 Å². The standard InChI is InChI=1S/C14H22N2O2/c1-16(10-13(17)9-15-11-3-4-11)12-5-7-14(18-2)8-6-12/h5-8,11,13,15,17H,3-4,9-10H2,1-2H3. The highest BCUT2D eigenvalue weighted by Gasteiger charge is 2.21. The molecule has 18 heavy (non-hydrogen) atoms. The summed E-state index contributed by atoms with van der Waals surface area (Å²) in [5.74, 6) is 0.850. The van der Waals surface area contributed by atoms with Crippen LogP contribution >= 0.6 is 0 Å². The van der Waals surface area contributed by atoms with Crippen LogP contribution in [-0.4, -0.2) is 44.5 Å². The average Bonchev–Trinajstić information content (AvgIpc) is 3.20. The minimum Gasteiger partial charge on any atom is -0.497 e. The summed E-state index contributed by atoms with van der Waals surface area (Å²) in [5, 5.41) is 13.3. The quantitative estimate of drug-likeness (QED) is 0.764. The number of hydrogen-bond donors (Lipinski definition) is 2. The first-order chi connectivity index (χ1) is 8.69. The number of nitrogens with zero attached hydrogens (tertiary/aromatic N) is 1. The molecule has 0 saturated heterocycles. The third-order valence-electron chi connectivity index (χ3n) is 3.22. The maximum atomic E-state index is 9.93. The van der Waals surface area contributed by atoms with Crippen LogP contribution in [0.1, 0.15) is 12.8 Å². The van der Waals surface area contributed by atoms with E-state index in [9.17, 15) is 5.11 Å². The van der Waals surface area contributed by atoms with Crippen molar-refractivity contribution in [2.75, 3.05) is 32.1 Å². The molecule has 1 fully saturated rings. The zero-order valence-corrected chi connectivity index (χ0v) is 11.1. The van der Waals surface area contributed by atoms with E-state index in [4.69, 9.17) is 4.74 Å². The molecule has 0 heterocycles. The van der Waals surface area contributed by atoms with Gasteiger partial charge in [0, 0.05) is 31.9 Å². The molecule has 0 amide bonds. The molecule has 1 aromatic rings. The van der Waals surface area contributed by atoms with Gasteiger partial charge in [0.15, 0.2) is 0 Å². The fraction of sp³-hybridized carbons (Fsp3) is 0.571. The summed E-state index contributed by atoms with van der Waals surface area (Å²) in [4.78, 5) is 2.05. The molecule has 100 valence electrons. The van der Waals surface area contributed by atoms with Gasteiger partial charge in [0.2, 0.25) is 0 Å². The molecular weight excluding hydrogens is 228 g/mol. The molecule has 0 radical (unpaired) electrons. The fourth-order valence-electron chi connectivity index (χ4n) is 1.91. The van der Waals surface area contributed by atoms with Gasteiger partial charge in [-0.1, -0.05) is 0 Å². The molecule has 1 unspecified atom stereocenters. The van der Waals surface area contributed by atoms with Crippen molar-refractivity contribution in [2.24, 2.45) is 0 Å². The number of nitrogens with one attached hydrogen (secondary N) is 1. The molecule has 2 rings (SSSR count). The third-order valence-corrected chi connectivity index (χ3v) is 3.22. The summed E-state index contributed by atoms with van der Waals surface area (Å²) in [5.41, 5.74) is 1.08. The maximum absolute atomic E-state index is 9.93. The SMILES string of the molecule is COc1ccc(N(C)CC(O)CNC2CC2)cc1. The number of anilines is 1. The zero-order valence-electron chi connectivity index (χ0n) is 11.1. The van der Waals surface area contributed by atoms with Gasteiger partial charge in [-0.2, -0.15) is 0 Å². The van der Waals surface area contributed by atoms with Crippen molar-refractivity contribution in [3.8, 4) is 5.75 Å². The van der Waals surface area contributed by atoms with E-state index in [1.165, 1.54) is 12.8 Å². The Hall–Kier alpha value is -1.26. The molecule has 0 spiro atoms. The first kappa shape index (κ1) is 13.2. The molecule has 1 aromatic carbocycles. The summed E-state index contributed by atoms with van der Waals surface area (Å²) in [6, 6.07) is 8.51. The summed E-state index contributed by atoms with van der Waals surface area (Å²) in [7, 11) is 3.65. The van der Waals surface area contributed by atoms with Crippen LogP contribution in [0.4, 0.5) is 5.69 Å². The molecule has 0 bridgehead atoms. The molecule has 1 aliphatic carbocycles. The lowest BCUT2D eigenvalue weighted by molar-refractivity contribution is 0.177. The van der Waals surface area contributed by atoms with E-state index in [-0.39, 0.29) is 6.10 Å². The third kappa shape index (κ3) is 3.89. The van der Waals surface area contributed by atoms with Gasteiger partial charge in [0.25, 0.3) is 0 Å². The van der Waals surface area contributed by atoms with Crippen LogP contribution in [-0.2, 0) is 0 Å². The second-order valence-corrected chi connectivity index (χ2v) is 4.91. The molecule has 0 aliphatic heterocycles. The lowest BCUT2D eigenvalue weighted by Crippen LogP contribution is -2.37. The number of benzene rings is 1. The van der Waals surface area contributed by atoms with Gasteiger partial charge < -0.3 is 20.1 Å². The molecular formula is C14H22N2O2. The summed E-state index contributed by atoms with van der Waals surface area (Å²) < 4.78 is 5.12. The number of likely N-dealkylation sites (N-methyl/N-ethyl adjacent to an activating group) is 1. The lowest BCUT2D eigenvalue weighted by Gasteiger charge is -2.23. The van der Waals surface area contributed by atoms with Crippen LogP contribution in [0.15, 0.2) is 24.3 Å². The van der Waals surface area contributed by atoms with Gasteiger partial charge in [-0.3, -0.25) is 0 Å². The number of hydrogen-bond acceptors (Lipinski definition) is 4. The highest BCUT2D eigenvalue weighted by Crippen LogP contribution is 2.19. The second kappa shape index (κ2) is 6.07. The largest absolute Gasteiger partial charge is 0.497 e. The predicted octanol–water partition coefficient (Wildman–Crippen LogP) is 1.24. The van der Waals surface area contributed by atoms with E-state index >= 15 is 0 Å². The smallest absolute Gasteiger partial charge is 0.119 e. The highest BCUT2D eigenvalue weighted by atomic mass is 16.5. The normalized spacial score (nSPS) is 16.4. The Bertz CT molecular complexity index is 363. The molecule has 1 aliphatic rings. The second-order valence-electron chi connectivity index (χ2n) is 4.91. The van der Waals surface area contributed by atoms with Gasteiger partial charge in [-0.05, 0) is 37.1 Å². The highest BCUT2D eigenvalue weighted by molar-refractivity contribution is 5.48. The van der Waals surface area contributed by atoms with Crippen LogP contribution in [0, 0.1) is 0 Å². The van der Waals surface area contributed by atoms with Crippen LogP contribution in [0.5, 0.6) is 5.75 Å². The van der Waals surface area contributed by atoms with Gasteiger partial charge in [0.1, 0.15) is 5.75 Å². The van der Waals surface area contributed by atoms with E-state index in [0.717, 1.165) is 11.4 Å². The number of aliphatic hydroxyl groups is 1. The van der Waals surface area contributed by atoms with Gasteiger partial charge in [-0.15, -0.1) is 0 Å². The summed E-state index contributed by atoms with van der Waals surface area (Å²) in [6.07, 6.45) is 2.17. The van der Waals surface area contributed by atoms with Crippen LogP contribution in [0.2, 0.25) is 0 Å². The monoisotopic (exact) mass is 250 g/mol. The summed E-state index contributed by atoms with van der Waals surface area (Å²) >= 11 is 0. The fourth-order valence-corrected chi connectivity index (χ4v) is 1.91. The van der Waals surface area contributed by atoms with Crippen molar-refractivity contribution in [1.29, 1.82) is 0 Å². The van der Waals surface area contributed by atoms with E-state index in [0.29, 0.717) is 19.1 Å². The van der Waals surface area contributed by atoms with Crippen LogP contribution in [0.3, 0.4) is 0 Å². The Morgan fingerprint density at radius 2 is 2.06 bits per heavy atom. The molecule has 0 aromatic heterocycles. The number of rotatable bonds is 7. The van der Waals surface area contributed by atoms with E-state index in [1.807, 2.05) is 31.3 Å². The first-order valence-electron chi connectivity index (χ1n) is 6.45. The predicted molar refractivity (Wildman–Crippen MR) is 73.3 cm³/mol. The Balaban J connectivity index is 1.79. The van der Waals surface area contributed by atoms with E-state index in [1.54, 1.807) is 7.11 Å². The van der Waals surface area contributed by atoms with Crippen molar-refractivity contribution < 1.29 is 9.84 Å². The average molecular weight is 250 g/mol. The topological polar surface area (TPSA) is 44.7 Å². The first-order valence-corrected chi connectivity index (χ1v) is 6.45. The number of aliphatic hydroxyl groups excluding tert-OH is 1. The number of methoxy groups -OCH3 is 1. The molecule has 4 nitrogen and oxygen atoms in total. The zero-order chi connectivity index (χ0) is 13.0. The summed E-state index contributed by atoms with van der Waals surface area (Å²) in [6.45, 7) is 1.30. The van der Waals surface area contributed by atoms with Gasteiger partial charge >= 0.3 is 0 Å². The van der Waals surface area contributed by atoms with Crippen molar-refractivity contribution in [3.63, 3.8) is 0 Å².